The summed E-state index contributed by atoms with van der Waals surface area (Å²) in [5, 5.41) is 11.2. The Kier molecular flexibility index (Phi) is 3.55. The molecule has 3 nitrogen and oxygen atoms in total. The summed E-state index contributed by atoms with van der Waals surface area (Å²) in [6.45, 7) is 0. The summed E-state index contributed by atoms with van der Waals surface area (Å²) >= 11 is 0. The highest BCUT2D eigenvalue weighted by atomic mass is 16.3. The van der Waals surface area contributed by atoms with Crippen LogP contribution in [0, 0.1) is 0 Å². The van der Waals surface area contributed by atoms with Gasteiger partial charge in [-0.2, -0.15) is 0 Å². The van der Waals surface area contributed by atoms with Crippen molar-refractivity contribution in [2.24, 2.45) is 4.99 Å². The van der Waals surface area contributed by atoms with Crippen LogP contribution in [-0.4, -0.2) is 31.6 Å². The van der Waals surface area contributed by atoms with Gasteiger partial charge in [0.15, 0.2) is 0 Å². The second-order valence-corrected chi connectivity index (χ2v) is 1.14. The highest BCUT2D eigenvalue weighted by molar-refractivity contribution is 5.61. The Morgan fingerprint density at radius 3 is 2.57 bits per heavy atom. The predicted molar refractivity (Wildman–Crippen MR) is 29.5 cm³/mol. The van der Waals surface area contributed by atoms with Gasteiger partial charge in [-0.3, -0.25) is 10.3 Å². The van der Waals surface area contributed by atoms with Crippen molar-refractivity contribution in [3.05, 3.63) is 0 Å². The molecule has 42 valence electrons. The average molecular weight is 102 g/mol. The standard InChI is InChI=1S/C4H10N2O/c1-5-3-4(7)6-2/h3-4,6-7H,1-2H3. The van der Waals surface area contributed by atoms with E-state index in [1.165, 1.54) is 6.21 Å². The van der Waals surface area contributed by atoms with Gasteiger partial charge in [-0.15, -0.1) is 0 Å². The van der Waals surface area contributed by atoms with Crippen LogP contribution in [0.2, 0.25) is 0 Å². The van der Waals surface area contributed by atoms with Crippen LogP contribution in [0.5, 0.6) is 0 Å². The van der Waals surface area contributed by atoms with Crippen molar-refractivity contribution < 1.29 is 5.11 Å². The first-order valence-corrected chi connectivity index (χ1v) is 2.09. The van der Waals surface area contributed by atoms with Gasteiger partial charge in [0.05, 0.1) is 0 Å². The van der Waals surface area contributed by atoms with Crippen LogP contribution >= 0.6 is 0 Å². The third kappa shape index (κ3) is 3.42. The van der Waals surface area contributed by atoms with Crippen LogP contribution < -0.4 is 5.32 Å². The van der Waals surface area contributed by atoms with Gasteiger partial charge in [0.25, 0.3) is 0 Å². The lowest BCUT2D eigenvalue weighted by Crippen LogP contribution is -2.25. The molecular formula is C4H10N2O. The van der Waals surface area contributed by atoms with Gasteiger partial charge in [-0.1, -0.05) is 0 Å². The van der Waals surface area contributed by atoms with Crippen molar-refractivity contribution in [2.75, 3.05) is 14.1 Å². The summed E-state index contributed by atoms with van der Waals surface area (Å²) in [7, 11) is 3.27. The van der Waals surface area contributed by atoms with E-state index < -0.39 is 6.23 Å². The molecule has 0 aromatic carbocycles. The minimum atomic E-state index is -0.593. The van der Waals surface area contributed by atoms with E-state index >= 15 is 0 Å². The monoisotopic (exact) mass is 102 g/mol. The second-order valence-electron chi connectivity index (χ2n) is 1.14. The molecule has 0 saturated carbocycles. The van der Waals surface area contributed by atoms with E-state index in [4.69, 9.17) is 5.11 Å². The van der Waals surface area contributed by atoms with Gasteiger partial charge < -0.3 is 5.11 Å². The fraction of sp³-hybridized carbons (Fsp3) is 0.750. The van der Waals surface area contributed by atoms with Gasteiger partial charge >= 0.3 is 0 Å². The van der Waals surface area contributed by atoms with Gasteiger partial charge in [0, 0.05) is 13.3 Å². The van der Waals surface area contributed by atoms with E-state index in [1.807, 2.05) is 0 Å². The number of nitrogens with one attached hydrogen (secondary N) is 1. The summed E-state index contributed by atoms with van der Waals surface area (Å²) in [4.78, 5) is 3.57. The number of aliphatic hydroxyl groups excluding tert-OH is 1. The number of hydrogen-bond donors (Lipinski definition) is 2. The Morgan fingerprint density at radius 1 is 1.86 bits per heavy atom. The predicted octanol–water partition coefficient (Wildman–Crippen LogP) is -0.775. The lowest BCUT2D eigenvalue weighted by molar-refractivity contribution is 0.219. The fourth-order valence-electron chi connectivity index (χ4n) is 0.216. The summed E-state index contributed by atoms with van der Waals surface area (Å²) in [6.07, 6.45) is 0.824. The molecule has 0 bridgehead atoms. The lowest BCUT2D eigenvalue weighted by Gasteiger charge is -1.97. The van der Waals surface area contributed by atoms with E-state index in [-0.39, 0.29) is 0 Å². The molecule has 0 saturated heterocycles. The molecule has 0 radical (unpaired) electrons. The third-order valence-corrected chi connectivity index (χ3v) is 0.586. The van der Waals surface area contributed by atoms with Crippen LogP contribution in [0.25, 0.3) is 0 Å². The van der Waals surface area contributed by atoms with Crippen LogP contribution in [0.15, 0.2) is 4.99 Å². The smallest absolute Gasteiger partial charge is 0.140 e. The van der Waals surface area contributed by atoms with Crippen molar-refractivity contribution in [1.29, 1.82) is 0 Å². The summed E-state index contributed by atoms with van der Waals surface area (Å²) in [6, 6.07) is 0. The van der Waals surface area contributed by atoms with Crippen molar-refractivity contribution in [2.45, 2.75) is 6.23 Å². The van der Waals surface area contributed by atoms with Crippen molar-refractivity contribution in [3.8, 4) is 0 Å². The number of rotatable bonds is 2. The molecule has 0 rings (SSSR count). The molecule has 0 fully saturated rings. The van der Waals surface area contributed by atoms with Gasteiger partial charge in [-0.05, 0) is 7.05 Å². The maximum Gasteiger partial charge on any atom is 0.140 e. The van der Waals surface area contributed by atoms with E-state index in [1.54, 1.807) is 14.1 Å². The molecule has 2 N–H and O–H groups in total. The molecule has 0 aliphatic heterocycles. The minimum absolute atomic E-state index is 0.593. The minimum Gasteiger partial charge on any atom is -0.373 e. The Morgan fingerprint density at radius 2 is 2.43 bits per heavy atom. The molecule has 1 atom stereocenters. The van der Waals surface area contributed by atoms with Crippen LogP contribution in [0.1, 0.15) is 0 Å². The van der Waals surface area contributed by atoms with Crippen LogP contribution in [0.4, 0.5) is 0 Å². The third-order valence-electron chi connectivity index (χ3n) is 0.586. The zero-order valence-electron chi connectivity index (χ0n) is 4.55. The summed E-state index contributed by atoms with van der Waals surface area (Å²) < 4.78 is 0. The van der Waals surface area contributed by atoms with Crippen molar-refractivity contribution in [1.82, 2.24) is 5.32 Å². The Bertz CT molecular complexity index is 62.7. The Balaban J connectivity index is 3.16. The quantitative estimate of drug-likeness (QED) is 0.355. The van der Waals surface area contributed by atoms with Gasteiger partial charge in [0.2, 0.25) is 0 Å². The topological polar surface area (TPSA) is 44.6 Å². The zero-order valence-corrected chi connectivity index (χ0v) is 4.55. The molecular weight excluding hydrogens is 92.1 g/mol. The highest BCUT2D eigenvalue weighted by Gasteiger charge is 1.87. The number of aliphatic imine (C=N–C) groups is 1. The normalized spacial score (nSPS) is 15.3. The molecule has 0 spiro atoms. The molecule has 0 aliphatic rings. The number of nitrogens with zero attached hydrogens (tertiary/aromatic N) is 1. The van der Waals surface area contributed by atoms with Crippen molar-refractivity contribution in [3.63, 3.8) is 0 Å². The van der Waals surface area contributed by atoms with Crippen molar-refractivity contribution >= 4 is 6.21 Å². The molecule has 0 amide bonds. The first-order valence-electron chi connectivity index (χ1n) is 2.09. The maximum atomic E-state index is 8.60. The first kappa shape index (κ1) is 6.59. The first-order chi connectivity index (χ1) is 3.31. The molecule has 7 heavy (non-hydrogen) atoms. The largest absolute Gasteiger partial charge is 0.373 e. The molecule has 0 heterocycles. The van der Waals surface area contributed by atoms with Gasteiger partial charge in [0.1, 0.15) is 6.23 Å². The molecule has 3 heteroatoms. The molecule has 0 aliphatic carbocycles. The zero-order chi connectivity index (χ0) is 5.70. The number of hydrogen-bond acceptors (Lipinski definition) is 3. The van der Waals surface area contributed by atoms with E-state index in [0.717, 1.165) is 0 Å². The molecule has 1 unspecified atom stereocenters. The number of aliphatic hydroxyl groups is 1. The average Bonchev–Trinajstić information content (AvgIpc) is 1.68. The van der Waals surface area contributed by atoms with E-state index in [2.05, 4.69) is 10.3 Å². The Hall–Kier alpha value is -0.410. The highest BCUT2D eigenvalue weighted by Crippen LogP contribution is 1.63. The van der Waals surface area contributed by atoms with Crippen LogP contribution in [-0.2, 0) is 0 Å². The van der Waals surface area contributed by atoms with E-state index in [0.29, 0.717) is 0 Å². The van der Waals surface area contributed by atoms with E-state index in [9.17, 15) is 0 Å². The Labute approximate surface area is 43.1 Å². The van der Waals surface area contributed by atoms with Gasteiger partial charge in [-0.25, -0.2) is 0 Å². The fourth-order valence-corrected chi connectivity index (χ4v) is 0.216. The maximum absolute atomic E-state index is 8.60. The summed E-state index contributed by atoms with van der Waals surface area (Å²) in [5.74, 6) is 0. The SMILES string of the molecule is CN=CC(O)NC. The molecule has 0 aromatic heterocycles. The molecule has 0 aromatic rings. The summed E-state index contributed by atoms with van der Waals surface area (Å²) in [5.41, 5.74) is 0. The second kappa shape index (κ2) is 3.77. The van der Waals surface area contributed by atoms with Crippen LogP contribution in [0.3, 0.4) is 0 Å². The lowest BCUT2D eigenvalue weighted by atomic mass is 10.6.